The Balaban J connectivity index is 1.62. The van der Waals surface area contributed by atoms with Crippen LogP contribution in [0.15, 0.2) is 82.1 Å². The van der Waals surface area contributed by atoms with Gasteiger partial charge in [-0.05, 0) is 30.3 Å². The molecule has 0 radical (unpaired) electrons. The fourth-order valence-corrected chi connectivity index (χ4v) is 5.38. The first-order valence-corrected chi connectivity index (χ1v) is 12.0. The topological polar surface area (TPSA) is 121 Å². The van der Waals surface area contributed by atoms with Crippen LogP contribution in [0.5, 0.6) is 5.75 Å². The maximum Gasteiger partial charge on any atom is 0.261 e. The summed E-state index contributed by atoms with van der Waals surface area (Å²) in [6.45, 7) is 0. The van der Waals surface area contributed by atoms with Crippen LogP contribution in [0.3, 0.4) is 0 Å². The second kappa shape index (κ2) is 7.97. The predicted octanol–water partition coefficient (Wildman–Crippen LogP) is 4.82. The van der Waals surface area contributed by atoms with Gasteiger partial charge in [-0.25, -0.2) is 23.4 Å². The quantitative estimate of drug-likeness (QED) is 0.242. The van der Waals surface area contributed by atoms with E-state index in [-0.39, 0.29) is 10.6 Å². The van der Waals surface area contributed by atoms with Crippen molar-refractivity contribution in [1.82, 2.24) is 19.9 Å². The van der Waals surface area contributed by atoms with Gasteiger partial charge in [0.15, 0.2) is 5.65 Å². The van der Waals surface area contributed by atoms with Gasteiger partial charge in [0.05, 0.1) is 21.8 Å². The summed E-state index contributed by atoms with van der Waals surface area (Å²) in [5, 5.41) is 13.0. The number of H-pyrrole nitrogens is 1. The van der Waals surface area contributed by atoms with E-state index in [1.54, 1.807) is 30.3 Å². The second-order valence-electron chi connectivity index (χ2n) is 6.76. The van der Waals surface area contributed by atoms with Gasteiger partial charge in [-0.3, -0.25) is 4.72 Å². The molecule has 5 rings (SSSR count). The molecule has 0 amide bonds. The van der Waals surface area contributed by atoms with Crippen LogP contribution in [0.1, 0.15) is 0 Å². The average Bonchev–Trinajstić information content (AvgIpc) is 3.27. The number of fused-ring (bicyclic) bond motifs is 2. The van der Waals surface area contributed by atoms with Crippen molar-refractivity contribution >= 4 is 61.0 Å². The minimum Gasteiger partial charge on any atom is -0.506 e. The van der Waals surface area contributed by atoms with Crippen LogP contribution in [0, 0.1) is 0 Å². The number of nitrogens with zero attached hydrogens (tertiary/aromatic N) is 3. The lowest BCUT2D eigenvalue weighted by molar-refractivity contribution is 0.469. The fraction of sp³-hybridized carbons (Fsp3) is 0. The second-order valence-corrected chi connectivity index (χ2v) is 9.91. The molecular formula is C21H14ClN5O3S2. The van der Waals surface area contributed by atoms with Crippen molar-refractivity contribution < 1.29 is 13.5 Å². The molecule has 160 valence electrons. The molecule has 0 unspecified atom stereocenters. The van der Waals surface area contributed by atoms with Gasteiger partial charge in [0.25, 0.3) is 10.0 Å². The summed E-state index contributed by atoms with van der Waals surface area (Å²) in [7, 11) is -3.89. The molecule has 0 fully saturated rings. The summed E-state index contributed by atoms with van der Waals surface area (Å²) in [6.07, 6.45) is 2.89. The Hall–Kier alpha value is -3.34. The van der Waals surface area contributed by atoms with Crippen LogP contribution < -0.4 is 4.72 Å². The number of halogens is 1. The van der Waals surface area contributed by atoms with Gasteiger partial charge in [-0.2, -0.15) is 0 Å². The first kappa shape index (κ1) is 20.6. The molecule has 0 aliphatic carbocycles. The average molecular weight is 484 g/mol. The number of phenolic OH excluding ortho intramolecular Hbond substituents is 1. The number of nitrogens with one attached hydrogen (secondary N) is 2. The van der Waals surface area contributed by atoms with E-state index >= 15 is 0 Å². The summed E-state index contributed by atoms with van der Waals surface area (Å²) in [6, 6.07) is 14.5. The van der Waals surface area contributed by atoms with E-state index < -0.39 is 10.0 Å². The van der Waals surface area contributed by atoms with Crippen molar-refractivity contribution in [3.8, 4) is 5.75 Å². The van der Waals surface area contributed by atoms with Crippen molar-refractivity contribution in [3.63, 3.8) is 0 Å². The summed E-state index contributed by atoms with van der Waals surface area (Å²) >= 11 is 7.06. The van der Waals surface area contributed by atoms with Gasteiger partial charge in [-0.15, -0.1) is 0 Å². The molecule has 8 nitrogen and oxygen atoms in total. The van der Waals surface area contributed by atoms with E-state index in [2.05, 4.69) is 24.7 Å². The highest BCUT2D eigenvalue weighted by Crippen LogP contribution is 2.43. The zero-order valence-corrected chi connectivity index (χ0v) is 18.5. The molecule has 2 heterocycles. The molecule has 11 heteroatoms. The molecule has 0 aliphatic rings. The lowest BCUT2D eigenvalue weighted by Gasteiger charge is -2.15. The van der Waals surface area contributed by atoms with E-state index in [0.717, 1.165) is 0 Å². The summed E-state index contributed by atoms with van der Waals surface area (Å²) in [4.78, 5) is 16.0. The van der Waals surface area contributed by atoms with Gasteiger partial charge < -0.3 is 10.1 Å². The number of hydrogen-bond acceptors (Lipinski definition) is 7. The number of anilines is 1. The van der Waals surface area contributed by atoms with Crippen LogP contribution in [0.25, 0.3) is 21.9 Å². The first-order valence-electron chi connectivity index (χ1n) is 9.27. The molecule has 0 saturated carbocycles. The maximum absolute atomic E-state index is 13.0. The third kappa shape index (κ3) is 3.72. The highest BCUT2D eigenvalue weighted by atomic mass is 35.5. The Morgan fingerprint density at radius 2 is 1.75 bits per heavy atom. The molecule has 3 N–H and O–H groups in total. The lowest BCUT2D eigenvalue weighted by atomic mass is 10.1. The Kier molecular flexibility index (Phi) is 5.12. The Morgan fingerprint density at radius 3 is 2.53 bits per heavy atom. The monoisotopic (exact) mass is 483 g/mol. The van der Waals surface area contributed by atoms with Crippen LogP contribution in [-0.4, -0.2) is 33.5 Å². The Bertz CT molecular complexity index is 1570. The standard InChI is InChI=1S/C21H14ClN5O3S2/c22-12-5-7-13(8-6-12)32(29,30)27-16-9-17(19(28)15-4-2-1-3-14(15)16)31-21-18-20(24-10-23-18)25-11-26-21/h1-11,27-28H,(H,23,24,25,26). The normalized spacial score (nSPS) is 11.8. The van der Waals surface area contributed by atoms with Crippen molar-refractivity contribution in [2.24, 2.45) is 0 Å². The molecule has 3 aromatic carbocycles. The van der Waals surface area contributed by atoms with Crippen molar-refractivity contribution in [2.45, 2.75) is 14.8 Å². The van der Waals surface area contributed by atoms with Crippen LogP contribution >= 0.6 is 23.4 Å². The first-order chi connectivity index (χ1) is 15.4. The predicted molar refractivity (Wildman–Crippen MR) is 124 cm³/mol. The molecule has 5 aromatic rings. The number of sulfonamides is 1. The lowest BCUT2D eigenvalue weighted by Crippen LogP contribution is -2.13. The molecule has 0 saturated heterocycles. The Morgan fingerprint density at radius 1 is 1.00 bits per heavy atom. The number of aromatic nitrogens is 4. The van der Waals surface area contributed by atoms with Gasteiger partial charge >= 0.3 is 0 Å². The highest BCUT2D eigenvalue weighted by molar-refractivity contribution is 7.99. The zero-order chi connectivity index (χ0) is 22.3. The van der Waals surface area contributed by atoms with E-state index in [1.807, 2.05) is 0 Å². The number of aromatic hydroxyl groups is 1. The van der Waals surface area contributed by atoms with Crippen LogP contribution in [0.4, 0.5) is 5.69 Å². The molecule has 32 heavy (non-hydrogen) atoms. The molecule has 0 atom stereocenters. The summed E-state index contributed by atoms with van der Waals surface area (Å²) < 4.78 is 28.6. The Labute approximate surface area is 191 Å². The van der Waals surface area contributed by atoms with Crippen LogP contribution in [0.2, 0.25) is 5.02 Å². The highest BCUT2D eigenvalue weighted by Gasteiger charge is 2.20. The maximum atomic E-state index is 13.0. The SMILES string of the molecule is O=S(=O)(Nc1cc(Sc2ncnc3nc[nH]c23)c(O)c2ccccc12)c1ccc(Cl)cc1. The molecule has 0 aliphatic heterocycles. The third-order valence-corrected chi connectivity index (χ3v) is 7.41. The third-order valence-electron chi connectivity index (χ3n) is 4.74. The number of phenols is 1. The summed E-state index contributed by atoms with van der Waals surface area (Å²) in [5.74, 6) is 0.0197. The number of benzene rings is 3. The van der Waals surface area contributed by atoms with Crippen molar-refractivity contribution in [1.29, 1.82) is 0 Å². The van der Waals surface area contributed by atoms with Gasteiger partial charge in [0, 0.05) is 15.8 Å². The number of rotatable bonds is 5. The minimum atomic E-state index is -3.89. The van der Waals surface area contributed by atoms with Gasteiger partial charge in [0.2, 0.25) is 0 Å². The van der Waals surface area contributed by atoms with E-state index in [9.17, 15) is 13.5 Å². The molecular weight excluding hydrogens is 470 g/mol. The molecule has 0 bridgehead atoms. The number of hydrogen-bond donors (Lipinski definition) is 3. The number of imidazole rings is 1. The smallest absolute Gasteiger partial charge is 0.261 e. The minimum absolute atomic E-state index is 0.0197. The van der Waals surface area contributed by atoms with Crippen LogP contribution in [-0.2, 0) is 10.0 Å². The van der Waals surface area contributed by atoms with Gasteiger partial charge in [-0.1, -0.05) is 47.6 Å². The van der Waals surface area contributed by atoms with Crippen molar-refractivity contribution in [3.05, 3.63) is 72.3 Å². The molecule has 2 aromatic heterocycles. The summed E-state index contributed by atoms with van der Waals surface area (Å²) in [5.41, 5.74) is 1.44. The molecule has 0 spiro atoms. The zero-order valence-electron chi connectivity index (χ0n) is 16.2. The van der Waals surface area contributed by atoms with Gasteiger partial charge in [0.1, 0.15) is 22.6 Å². The fourth-order valence-electron chi connectivity index (χ4n) is 3.24. The van der Waals surface area contributed by atoms with E-state index in [0.29, 0.717) is 42.6 Å². The number of aromatic amines is 1. The van der Waals surface area contributed by atoms with E-state index in [1.165, 1.54) is 48.7 Å². The van der Waals surface area contributed by atoms with E-state index in [4.69, 9.17) is 11.6 Å². The largest absolute Gasteiger partial charge is 0.506 e. The van der Waals surface area contributed by atoms with Crippen molar-refractivity contribution in [2.75, 3.05) is 4.72 Å².